The number of nitrogens with zero attached hydrogens (tertiary/aromatic N) is 2. The van der Waals surface area contributed by atoms with Crippen molar-refractivity contribution in [2.45, 2.75) is 12.8 Å². The van der Waals surface area contributed by atoms with Gasteiger partial charge in [-0.3, -0.25) is 9.40 Å². The van der Waals surface area contributed by atoms with Crippen LogP contribution in [0.15, 0.2) is 12.3 Å². The van der Waals surface area contributed by atoms with Crippen molar-refractivity contribution in [3.05, 3.63) is 12.3 Å². The van der Waals surface area contributed by atoms with E-state index in [0.29, 0.717) is 18.7 Å². The zero-order valence-corrected chi connectivity index (χ0v) is 9.37. The van der Waals surface area contributed by atoms with Crippen LogP contribution in [0.5, 0.6) is 0 Å². The fourth-order valence-electron chi connectivity index (χ4n) is 1.08. The van der Waals surface area contributed by atoms with Gasteiger partial charge in [0.05, 0.1) is 5.75 Å². The molecule has 0 aliphatic rings. The Morgan fingerprint density at radius 3 is 2.80 bits per heavy atom. The van der Waals surface area contributed by atoms with Crippen LogP contribution in [0, 0.1) is 0 Å². The average Bonchev–Trinajstić information content (AvgIpc) is 2.50. The highest BCUT2D eigenvalue weighted by atomic mass is 32.2. The lowest BCUT2D eigenvalue weighted by atomic mass is 10.4. The highest BCUT2D eigenvalue weighted by molar-refractivity contribution is 7.92. The quantitative estimate of drug-likeness (QED) is 0.674. The van der Waals surface area contributed by atoms with Crippen LogP contribution in [-0.4, -0.2) is 35.7 Å². The number of nitrogens with one attached hydrogen (secondary N) is 1. The number of unbranched alkanes of at least 4 members (excludes halogenated alkanes) is 1. The van der Waals surface area contributed by atoms with Crippen molar-refractivity contribution in [2.24, 2.45) is 7.05 Å². The second kappa shape index (κ2) is 5.13. The predicted molar refractivity (Wildman–Crippen MR) is 56.9 cm³/mol. The van der Waals surface area contributed by atoms with Gasteiger partial charge in [-0.05, 0) is 12.8 Å². The molecule has 0 fully saturated rings. The number of hydrogen-bond acceptors (Lipinski definition) is 4. The van der Waals surface area contributed by atoms with E-state index < -0.39 is 10.0 Å². The Morgan fingerprint density at radius 2 is 2.27 bits per heavy atom. The topological polar surface area (TPSA) is 84.2 Å². The van der Waals surface area contributed by atoms with Gasteiger partial charge in [0.25, 0.3) is 0 Å². The summed E-state index contributed by atoms with van der Waals surface area (Å²) in [5, 5.41) is 12.4. The molecular formula is C8H15N3O3S. The molecule has 0 saturated heterocycles. The zero-order valence-electron chi connectivity index (χ0n) is 8.55. The SMILES string of the molecule is Cn1ccc(NS(=O)(=O)CCCCO)n1. The fourth-order valence-corrected chi connectivity index (χ4v) is 2.20. The van der Waals surface area contributed by atoms with Crippen LogP contribution in [0.1, 0.15) is 12.8 Å². The molecule has 0 saturated carbocycles. The van der Waals surface area contributed by atoms with Crippen molar-refractivity contribution in [3.63, 3.8) is 0 Å². The minimum Gasteiger partial charge on any atom is -0.396 e. The van der Waals surface area contributed by atoms with Gasteiger partial charge < -0.3 is 5.11 Å². The fraction of sp³-hybridized carbons (Fsp3) is 0.625. The molecule has 0 aromatic carbocycles. The van der Waals surface area contributed by atoms with Crippen LogP contribution in [0.25, 0.3) is 0 Å². The molecule has 1 rings (SSSR count). The molecule has 15 heavy (non-hydrogen) atoms. The number of hydrogen-bond donors (Lipinski definition) is 2. The van der Waals surface area contributed by atoms with Gasteiger partial charge in [0, 0.05) is 25.9 Å². The Kier molecular flexibility index (Phi) is 4.10. The summed E-state index contributed by atoms with van der Waals surface area (Å²) in [6.45, 7) is 0.0130. The van der Waals surface area contributed by atoms with E-state index in [-0.39, 0.29) is 12.4 Å². The molecular weight excluding hydrogens is 218 g/mol. The van der Waals surface area contributed by atoms with Gasteiger partial charge in [0.2, 0.25) is 10.0 Å². The summed E-state index contributed by atoms with van der Waals surface area (Å²) >= 11 is 0. The first kappa shape index (κ1) is 12.0. The van der Waals surface area contributed by atoms with Gasteiger partial charge in [0.1, 0.15) is 0 Å². The molecule has 6 nitrogen and oxygen atoms in total. The number of sulfonamides is 1. The van der Waals surface area contributed by atoms with Gasteiger partial charge >= 0.3 is 0 Å². The van der Waals surface area contributed by atoms with Gasteiger partial charge in [-0.2, -0.15) is 5.10 Å². The minimum atomic E-state index is -3.33. The van der Waals surface area contributed by atoms with E-state index in [1.54, 1.807) is 19.3 Å². The second-order valence-electron chi connectivity index (χ2n) is 3.23. The van der Waals surface area contributed by atoms with Crippen LogP contribution in [0.3, 0.4) is 0 Å². The lowest BCUT2D eigenvalue weighted by Crippen LogP contribution is -2.17. The molecule has 0 radical (unpaired) electrons. The summed E-state index contributed by atoms with van der Waals surface area (Å²) in [6, 6.07) is 1.59. The molecule has 0 bridgehead atoms. The van der Waals surface area contributed by atoms with Crippen LogP contribution in [0.2, 0.25) is 0 Å². The summed E-state index contributed by atoms with van der Waals surface area (Å²) in [4.78, 5) is 0. The Morgan fingerprint density at radius 1 is 1.53 bits per heavy atom. The molecule has 7 heteroatoms. The van der Waals surface area contributed by atoms with E-state index >= 15 is 0 Å². The summed E-state index contributed by atoms with van der Waals surface area (Å²) < 4.78 is 26.8. The molecule has 1 aromatic heterocycles. The normalized spacial score (nSPS) is 11.6. The molecule has 0 aliphatic heterocycles. The van der Waals surface area contributed by atoms with Crippen molar-refractivity contribution in [3.8, 4) is 0 Å². The standard InChI is InChI=1S/C8H15N3O3S/c1-11-5-4-8(9-11)10-15(13,14)7-3-2-6-12/h4-5,12H,2-3,6-7H2,1H3,(H,9,10). The van der Waals surface area contributed by atoms with Gasteiger partial charge in [-0.25, -0.2) is 8.42 Å². The van der Waals surface area contributed by atoms with Gasteiger partial charge in [-0.15, -0.1) is 0 Å². The summed E-state index contributed by atoms with van der Waals surface area (Å²) in [7, 11) is -1.62. The smallest absolute Gasteiger partial charge is 0.233 e. The third-order valence-electron chi connectivity index (χ3n) is 1.79. The molecule has 86 valence electrons. The number of aliphatic hydroxyl groups excluding tert-OH is 1. The van der Waals surface area contributed by atoms with Crippen molar-refractivity contribution >= 4 is 15.8 Å². The lowest BCUT2D eigenvalue weighted by molar-refractivity contribution is 0.287. The predicted octanol–water partition coefficient (Wildman–Crippen LogP) is -0.0657. The number of aliphatic hydroxyl groups is 1. The van der Waals surface area contributed by atoms with Gasteiger partial charge in [0.15, 0.2) is 5.82 Å². The van der Waals surface area contributed by atoms with Crippen LogP contribution < -0.4 is 4.72 Å². The molecule has 1 aromatic rings. The molecule has 0 spiro atoms. The average molecular weight is 233 g/mol. The molecule has 0 aliphatic carbocycles. The monoisotopic (exact) mass is 233 g/mol. The molecule has 1 heterocycles. The highest BCUT2D eigenvalue weighted by Gasteiger charge is 2.10. The number of aromatic nitrogens is 2. The van der Waals surface area contributed by atoms with Crippen LogP contribution in [0.4, 0.5) is 5.82 Å². The molecule has 2 N–H and O–H groups in total. The van der Waals surface area contributed by atoms with E-state index in [9.17, 15) is 8.42 Å². The summed E-state index contributed by atoms with van der Waals surface area (Å²) in [6.07, 6.45) is 2.59. The van der Waals surface area contributed by atoms with E-state index in [2.05, 4.69) is 9.82 Å². The number of anilines is 1. The molecule has 0 atom stereocenters. The Hall–Kier alpha value is -1.08. The van der Waals surface area contributed by atoms with Crippen molar-refractivity contribution in [1.29, 1.82) is 0 Å². The molecule has 0 amide bonds. The van der Waals surface area contributed by atoms with Gasteiger partial charge in [-0.1, -0.05) is 0 Å². The Balaban J connectivity index is 2.49. The van der Waals surface area contributed by atoms with Crippen LogP contribution in [-0.2, 0) is 17.1 Å². The summed E-state index contributed by atoms with van der Waals surface area (Å²) in [5.74, 6) is 0.325. The maximum atomic E-state index is 11.4. The first-order chi connectivity index (χ1) is 7.03. The first-order valence-electron chi connectivity index (χ1n) is 4.64. The van der Waals surface area contributed by atoms with E-state index in [4.69, 9.17) is 5.11 Å². The highest BCUT2D eigenvalue weighted by Crippen LogP contribution is 2.05. The Bertz CT molecular complexity index is 399. The maximum Gasteiger partial charge on any atom is 0.233 e. The third kappa shape index (κ3) is 4.30. The third-order valence-corrected chi connectivity index (χ3v) is 3.14. The van der Waals surface area contributed by atoms with Crippen LogP contribution >= 0.6 is 0 Å². The number of rotatable bonds is 6. The number of aryl methyl sites for hydroxylation is 1. The minimum absolute atomic E-state index is 0.00410. The lowest BCUT2D eigenvalue weighted by Gasteiger charge is -2.03. The largest absolute Gasteiger partial charge is 0.396 e. The van der Waals surface area contributed by atoms with Crippen molar-refractivity contribution in [2.75, 3.05) is 17.1 Å². The summed E-state index contributed by atoms with van der Waals surface area (Å²) in [5.41, 5.74) is 0. The van der Waals surface area contributed by atoms with E-state index in [0.717, 1.165) is 0 Å². The maximum absolute atomic E-state index is 11.4. The van der Waals surface area contributed by atoms with Crippen molar-refractivity contribution in [1.82, 2.24) is 9.78 Å². The van der Waals surface area contributed by atoms with E-state index in [1.807, 2.05) is 0 Å². The van der Waals surface area contributed by atoms with Crippen molar-refractivity contribution < 1.29 is 13.5 Å². The zero-order chi connectivity index (χ0) is 11.3. The Labute approximate surface area is 89.0 Å². The second-order valence-corrected chi connectivity index (χ2v) is 5.07. The molecule has 0 unspecified atom stereocenters. The first-order valence-corrected chi connectivity index (χ1v) is 6.30. The van der Waals surface area contributed by atoms with E-state index in [1.165, 1.54) is 4.68 Å².